The number of nitrogens with one attached hydrogen (secondary N) is 1. The Morgan fingerprint density at radius 1 is 1.46 bits per heavy atom. The summed E-state index contributed by atoms with van der Waals surface area (Å²) in [6.07, 6.45) is 0.608. The minimum absolute atomic E-state index is 0.0774. The Balaban J connectivity index is 1.81. The molecule has 7 nitrogen and oxygen atoms in total. The predicted molar refractivity (Wildman–Crippen MR) is 101 cm³/mol. The van der Waals surface area contributed by atoms with E-state index in [1.54, 1.807) is 16.0 Å². The van der Waals surface area contributed by atoms with Gasteiger partial charge in [-0.2, -0.15) is 0 Å². The van der Waals surface area contributed by atoms with Crippen molar-refractivity contribution in [3.8, 4) is 0 Å². The summed E-state index contributed by atoms with van der Waals surface area (Å²) in [5, 5.41) is 5.63. The molecule has 0 fully saturated rings. The number of hydrogen-bond donors (Lipinski definition) is 1. The van der Waals surface area contributed by atoms with E-state index in [4.69, 9.17) is 4.74 Å². The number of fused-ring (bicyclic) bond motifs is 1. The molecule has 0 radical (unpaired) electrons. The lowest BCUT2D eigenvalue weighted by Crippen LogP contribution is -2.38. The molecule has 138 valence electrons. The number of carbonyl (C=O) groups excluding carboxylic acids is 2. The number of rotatable bonds is 4. The number of thiophene rings is 1. The van der Waals surface area contributed by atoms with Gasteiger partial charge in [-0.25, -0.2) is 9.78 Å². The molecule has 0 bridgehead atoms. The van der Waals surface area contributed by atoms with Crippen molar-refractivity contribution in [1.82, 2.24) is 9.55 Å². The third kappa shape index (κ3) is 3.41. The average molecular weight is 393 g/mol. The Labute approximate surface area is 158 Å². The second-order valence-electron chi connectivity index (χ2n) is 5.88. The van der Waals surface area contributed by atoms with Crippen LogP contribution in [0.25, 0.3) is 0 Å². The first-order chi connectivity index (χ1) is 12.5. The number of ether oxygens (including phenoxy) is 1. The van der Waals surface area contributed by atoms with Crippen molar-refractivity contribution < 1.29 is 14.3 Å². The van der Waals surface area contributed by atoms with Crippen molar-refractivity contribution in [3.63, 3.8) is 0 Å². The van der Waals surface area contributed by atoms with Gasteiger partial charge in [0.15, 0.2) is 5.16 Å². The highest BCUT2D eigenvalue weighted by Gasteiger charge is 2.29. The summed E-state index contributed by atoms with van der Waals surface area (Å²) in [6, 6.07) is 1.61. The minimum atomic E-state index is -0.492. The molecule has 0 saturated carbocycles. The van der Waals surface area contributed by atoms with Crippen LogP contribution in [0.1, 0.15) is 28.5 Å². The second kappa shape index (κ2) is 7.63. The van der Waals surface area contributed by atoms with Crippen LogP contribution in [0.4, 0.5) is 5.00 Å². The van der Waals surface area contributed by atoms with Gasteiger partial charge in [-0.3, -0.25) is 14.2 Å². The molecule has 9 heteroatoms. The van der Waals surface area contributed by atoms with Crippen LogP contribution in [0.3, 0.4) is 0 Å². The fourth-order valence-corrected chi connectivity index (χ4v) is 4.75. The zero-order valence-corrected chi connectivity index (χ0v) is 16.3. The van der Waals surface area contributed by atoms with Crippen LogP contribution in [0.2, 0.25) is 0 Å². The van der Waals surface area contributed by atoms with E-state index in [0.717, 1.165) is 5.69 Å². The zero-order chi connectivity index (χ0) is 18.8. The van der Waals surface area contributed by atoms with Crippen molar-refractivity contribution in [2.45, 2.75) is 32.0 Å². The molecule has 1 unspecified atom stereocenters. The Morgan fingerprint density at radius 3 is 2.92 bits per heavy atom. The van der Waals surface area contributed by atoms with Crippen molar-refractivity contribution in [3.05, 3.63) is 38.6 Å². The molecule has 1 amide bonds. The van der Waals surface area contributed by atoms with Crippen LogP contribution in [-0.4, -0.2) is 34.3 Å². The summed E-state index contributed by atoms with van der Waals surface area (Å²) >= 11 is 2.66. The molecule has 1 N–H and O–H groups in total. The Bertz CT molecular complexity index is 919. The number of aryl methyl sites for hydroxylation is 1. The Morgan fingerprint density at radius 2 is 2.23 bits per heavy atom. The average Bonchev–Trinajstić information content (AvgIpc) is 3.09. The number of methoxy groups -OCH3 is 1. The molecule has 2 aromatic rings. The number of thioether (sulfide) groups is 1. The molecule has 2 aromatic heterocycles. The summed E-state index contributed by atoms with van der Waals surface area (Å²) in [7, 11) is 1.30. The van der Waals surface area contributed by atoms with Gasteiger partial charge in [0.1, 0.15) is 5.00 Å². The highest BCUT2D eigenvalue weighted by Crippen LogP contribution is 2.29. The predicted octanol–water partition coefficient (Wildman–Crippen LogP) is 2.32. The number of hydrogen-bond acceptors (Lipinski definition) is 7. The molecule has 26 heavy (non-hydrogen) atoms. The van der Waals surface area contributed by atoms with Crippen molar-refractivity contribution in [1.29, 1.82) is 0 Å². The lowest BCUT2D eigenvalue weighted by atomic mass is 10.1. The molecule has 1 atom stereocenters. The van der Waals surface area contributed by atoms with E-state index in [1.165, 1.54) is 30.2 Å². The smallest absolute Gasteiger partial charge is 0.340 e. The first kappa shape index (κ1) is 18.7. The van der Waals surface area contributed by atoms with E-state index in [2.05, 4.69) is 10.3 Å². The van der Waals surface area contributed by atoms with Gasteiger partial charge in [0.2, 0.25) is 5.91 Å². The molecule has 1 aliphatic rings. The molecule has 0 aromatic carbocycles. The van der Waals surface area contributed by atoms with Gasteiger partial charge in [0.05, 0.1) is 18.6 Å². The second-order valence-corrected chi connectivity index (χ2v) is 7.78. The van der Waals surface area contributed by atoms with E-state index < -0.39 is 5.97 Å². The minimum Gasteiger partial charge on any atom is -0.465 e. The molecule has 3 heterocycles. The summed E-state index contributed by atoms with van der Waals surface area (Å²) in [6.45, 7) is 4.04. The Kier molecular flexibility index (Phi) is 5.47. The maximum atomic E-state index is 12.7. The van der Waals surface area contributed by atoms with Crippen molar-refractivity contribution >= 4 is 40.0 Å². The number of amides is 1. The van der Waals surface area contributed by atoms with E-state index in [1.807, 2.05) is 13.8 Å². The van der Waals surface area contributed by atoms with Crippen molar-refractivity contribution in [2.75, 3.05) is 18.2 Å². The van der Waals surface area contributed by atoms with Crippen LogP contribution in [0, 0.1) is 12.8 Å². The fourth-order valence-electron chi connectivity index (χ4n) is 2.85. The summed E-state index contributed by atoms with van der Waals surface area (Å²) in [5.74, 6) is -0.566. The number of anilines is 1. The van der Waals surface area contributed by atoms with Gasteiger partial charge in [0.25, 0.3) is 5.56 Å². The van der Waals surface area contributed by atoms with E-state index in [9.17, 15) is 14.4 Å². The Hall–Kier alpha value is -2.13. The first-order valence-corrected chi connectivity index (χ1v) is 10.0. The lowest BCUT2D eigenvalue weighted by Gasteiger charge is -2.25. The zero-order valence-electron chi connectivity index (χ0n) is 14.7. The van der Waals surface area contributed by atoms with Gasteiger partial charge >= 0.3 is 5.97 Å². The first-order valence-electron chi connectivity index (χ1n) is 8.16. The SMILES string of the molecule is CCc1c(C)nc2n(c1=O)CC(C(=O)Nc1sccc1C(=O)OC)CS2. The molecule has 0 saturated heterocycles. The van der Waals surface area contributed by atoms with Crippen LogP contribution in [0.15, 0.2) is 21.4 Å². The molecular weight excluding hydrogens is 374 g/mol. The molecule has 1 aliphatic heterocycles. The monoisotopic (exact) mass is 393 g/mol. The maximum Gasteiger partial charge on any atom is 0.340 e. The molecule has 0 spiro atoms. The van der Waals surface area contributed by atoms with Crippen LogP contribution >= 0.6 is 23.1 Å². The van der Waals surface area contributed by atoms with Gasteiger partial charge in [-0.05, 0) is 24.8 Å². The fraction of sp³-hybridized carbons (Fsp3) is 0.412. The van der Waals surface area contributed by atoms with Gasteiger partial charge < -0.3 is 10.1 Å². The maximum absolute atomic E-state index is 12.7. The summed E-state index contributed by atoms with van der Waals surface area (Å²) in [5.41, 5.74) is 1.69. The summed E-state index contributed by atoms with van der Waals surface area (Å²) < 4.78 is 6.30. The standard InChI is InChI=1S/C17H19N3O4S2/c1-4-11-9(2)18-17-20(15(11)22)7-10(8-26-17)13(21)19-14-12(5-6-25-14)16(23)24-3/h5-6,10H,4,7-8H2,1-3H3,(H,19,21). The largest absolute Gasteiger partial charge is 0.465 e. The van der Waals surface area contributed by atoms with Gasteiger partial charge in [-0.1, -0.05) is 18.7 Å². The highest BCUT2D eigenvalue weighted by molar-refractivity contribution is 7.99. The topological polar surface area (TPSA) is 90.3 Å². The van der Waals surface area contributed by atoms with Crippen LogP contribution in [-0.2, 0) is 22.5 Å². The highest BCUT2D eigenvalue weighted by atomic mass is 32.2. The van der Waals surface area contributed by atoms with Crippen LogP contribution < -0.4 is 10.9 Å². The molecular formula is C17H19N3O4S2. The normalized spacial score (nSPS) is 16.0. The van der Waals surface area contributed by atoms with E-state index in [0.29, 0.717) is 33.5 Å². The summed E-state index contributed by atoms with van der Waals surface area (Å²) in [4.78, 5) is 41.6. The molecule has 3 rings (SSSR count). The van der Waals surface area contributed by atoms with Crippen molar-refractivity contribution in [2.24, 2.45) is 5.92 Å². The van der Waals surface area contributed by atoms with Gasteiger partial charge in [0, 0.05) is 23.6 Å². The third-order valence-electron chi connectivity index (χ3n) is 4.28. The van der Waals surface area contributed by atoms with Gasteiger partial charge in [-0.15, -0.1) is 11.3 Å². The number of nitrogens with zero attached hydrogens (tertiary/aromatic N) is 2. The lowest BCUT2D eigenvalue weighted by molar-refractivity contribution is -0.119. The van der Waals surface area contributed by atoms with Crippen LogP contribution in [0.5, 0.6) is 0 Å². The number of esters is 1. The van der Waals surface area contributed by atoms with E-state index >= 15 is 0 Å². The quantitative estimate of drug-likeness (QED) is 0.633. The number of carbonyl (C=O) groups is 2. The third-order valence-corrected chi connectivity index (χ3v) is 6.25. The molecule has 0 aliphatic carbocycles. The van der Waals surface area contributed by atoms with E-state index in [-0.39, 0.29) is 23.9 Å². The number of aromatic nitrogens is 2.